The van der Waals surface area contributed by atoms with Crippen molar-refractivity contribution < 1.29 is 4.39 Å². The summed E-state index contributed by atoms with van der Waals surface area (Å²) in [4.78, 5) is 0. The van der Waals surface area contributed by atoms with Gasteiger partial charge in [0.2, 0.25) is 0 Å². The van der Waals surface area contributed by atoms with Crippen molar-refractivity contribution in [3.05, 3.63) is 33.0 Å². The summed E-state index contributed by atoms with van der Waals surface area (Å²) < 4.78 is 13.8. The molecule has 0 amide bonds. The number of benzene rings is 1. The molecule has 1 unspecified atom stereocenters. The first-order valence-electron chi connectivity index (χ1n) is 3.90. The SMILES string of the molecule is CC(N)Cc1c(F)ccc(Cl)c1Br. The van der Waals surface area contributed by atoms with Crippen LogP contribution in [0, 0.1) is 5.82 Å². The fraction of sp³-hybridized carbons (Fsp3) is 0.333. The van der Waals surface area contributed by atoms with Crippen molar-refractivity contribution in [2.45, 2.75) is 19.4 Å². The summed E-state index contributed by atoms with van der Waals surface area (Å²) in [7, 11) is 0. The highest BCUT2D eigenvalue weighted by atomic mass is 79.9. The van der Waals surface area contributed by atoms with E-state index in [1.54, 1.807) is 0 Å². The highest BCUT2D eigenvalue weighted by Gasteiger charge is 2.11. The molecule has 13 heavy (non-hydrogen) atoms. The smallest absolute Gasteiger partial charge is 0.127 e. The molecule has 0 aromatic heterocycles. The molecule has 0 saturated carbocycles. The van der Waals surface area contributed by atoms with Crippen LogP contribution >= 0.6 is 27.5 Å². The molecule has 0 bridgehead atoms. The van der Waals surface area contributed by atoms with Gasteiger partial charge in [-0.25, -0.2) is 4.39 Å². The van der Waals surface area contributed by atoms with Crippen LogP contribution < -0.4 is 5.73 Å². The Morgan fingerprint density at radius 3 is 2.77 bits per heavy atom. The van der Waals surface area contributed by atoms with Crippen LogP contribution in [-0.4, -0.2) is 6.04 Å². The Bertz CT molecular complexity index is 315. The predicted octanol–water partition coefficient (Wildman–Crippen LogP) is 3.13. The van der Waals surface area contributed by atoms with E-state index in [9.17, 15) is 4.39 Å². The monoisotopic (exact) mass is 265 g/mol. The minimum Gasteiger partial charge on any atom is -0.328 e. The summed E-state index contributed by atoms with van der Waals surface area (Å²) in [5.41, 5.74) is 6.13. The highest BCUT2D eigenvalue weighted by molar-refractivity contribution is 9.10. The molecule has 4 heteroatoms. The van der Waals surface area contributed by atoms with Crippen LogP contribution in [0.4, 0.5) is 4.39 Å². The van der Waals surface area contributed by atoms with Gasteiger partial charge in [0, 0.05) is 16.1 Å². The van der Waals surface area contributed by atoms with Crippen LogP contribution in [0.5, 0.6) is 0 Å². The molecule has 2 N–H and O–H groups in total. The van der Waals surface area contributed by atoms with Crippen molar-refractivity contribution in [3.8, 4) is 0 Å². The lowest BCUT2D eigenvalue weighted by atomic mass is 10.1. The van der Waals surface area contributed by atoms with Crippen LogP contribution in [0.3, 0.4) is 0 Å². The van der Waals surface area contributed by atoms with Gasteiger partial charge in [0.15, 0.2) is 0 Å². The van der Waals surface area contributed by atoms with Gasteiger partial charge in [-0.15, -0.1) is 0 Å². The van der Waals surface area contributed by atoms with Crippen molar-refractivity contribution in [1.82, 2.24) is 0 Å². The van der Waals surface area contributed by atoms with Gasteiger partial charge < -0.3 is 5.73 Å². The van der Waals surface area contributed by atoms with Crippen molar-refractivity contribution in [2.75, 3.05) is 0 Å². The second-order valence-corrected chi connectivity index (χ2v) is 4.20. The summed E-state index contributed by atoms with van der Waals surface area (Å²) in [6.07, 6.45) is 0.479. The summed E-state index contributed by atoms with van der Waals surface area (Å²) in [6.45, 7) is 1.83. The summed E-state index contributed by atoms with van der Waals surface area (Å²) in [5.74, 6) is -0.270. The second-order valence-electron chi connectivity index (χ2n) is 3.00. The number of rotatable bonds is 2. The van der Waals surface area contributed by atoms with E-state index in [0.717, 1.165) is 0 Å². The van der Waals surface area contributed by atoms with Gasteiger partial charge in [-0.3, -0.25) is 0 Å². The zero-order valence-electron chi connectivity index (χ0n) is 7.15. The molecule has 1 aromatic carbocycles. The molecule has 0 aliphatic rings. The Kier molecular flexibility index (Phi) is 3.71. The Labute approximate surface area is 90.2 Å². The largest absolute Gasteiger partial charge is 0.328 e. The molecule has 1 atom stereocenters. The molecule has 0 radical (unpaired) electrons. The third-order valence-electron chi connectivity index (χ3n) is 1.67. The van der Waals surface area contributed by atoms with Crippen molar-refractivity contribution in [1.29, 1.82) is 0 Å². The van der Waals surface area contributed by atoms with Crippen LogP contribution in [0.1, 0.15) is 12.5 Å². The summed E-state index contributed by atoms with van der Waals surface area (Å²) >= 11 is 9.05. The molecule has 1 rings (SSSR count). The van der Waals surface area contributed by atoms with Gasteiger partial charge in [-0.2, -0.15) is 0 Å². The number of nitrogens with two attached hydrogens (primary N) is 1. The third kappa shape index (κ3) is 2.66. The molecule has 0 spiro atoms. The van der Waals surface area contributed by atoms with Crippen LogP contribution in [-0.2, 0) is 6.42 Å². The standard InChI is InChI=1S/C9H10BrClFN/c1-5(13)4-6-8(12)3-2-7(11)9(6)10/h2-3,5H,4,13H2,1H3. The van der Waals surface area contributed by atoms with Gasteiger partial charge in [-0.1, -0.05) is 11.6 Å². The topological polar surface area (TPSA) is 26.0 Å². The average molecular weight is 267 g/mol. The Balaban J connectivity index is 3.10. The number of halogens is 3. The lowest BCUT2D eigenvalue weighted by Gasteiger charge is -2.09. The zero-order chi connectivity index (χ0) is 10.0. The van der Waals surface area contributed by atoms with Gasteiger partial charge in [0.05, 0.1) is 5.02 Å². The maximum Gasteiger partial charge on any atom is 0.127 e. The number of hydrogen-bond acceptors (Lipinski definition) is 1. The van der Waals surface area contributed by atoms with Crippen LogP contribution in [0.2, 0.25) is 5.02 Å². The molecule has 1 aromatic rings. The molecule has 0 aliphatic carbocycles. The van der Waals surface area contributed by atoms with Gasteiger partial charge in [0.1, 0.15) is 5.82 Å². The normalized spacial score (nSPS) is 13.0. The summed E-state index contributed by atoms with van der Waals surface area (Å²) in [6, 6.07) is 2.79. The second kappa shape index (κ2) is 4.40. The third-order valence-corrected chi connectivity index (χ3v) is 3.11. The first-order chi connectivity index (χ1) is 6.02. The average Bonchev–Trinajstić information content (AvgIpc) is 2.05. The Morgan fingerprint density at radius 1 is 1.62 bits per heavy atom. The maximum atomic E-state index is 13.2. The number of hydrogen-bond donors (Lipinski definition) is 1. The minimum atomic E-state index is -0.270. The predicted molar refractivity (Wildman–Crippen MR) is 56.5 cm³/mol. The van der Waals surface area contributed by atoms with Gasteiger partial charge in [-0.05, 0) is 41.4 Å². The maximum absolute atomic E-state index is 13.2. The van der Waals surface area contributed by atoms with E-state index in [1.807, 2.05) is 6.92 Å². The fourth-order valence-electron chi connectivity index (χ4n) is 1.08. The van der Waals surface area contributed by atoms with E-state index in [-0.39, 0.29) is 11.9 Å². The van der Waals surface area contributed by atoms with Crippen LogP contribution in [0.25, 0.3) is 0 Å². The molecule has 0 aliphatic heterocycles. The van der Waals surface area contributed by atoms with E-state index >= 15 is 0 Å². The molecule has 0 heterocycles. The van der Waals surface area contributed by atoms with E-state index in [4.69, 9.17) is 17.3 Å². The Morgan fingerprint density at radius 2 is 2.23 bits per heavy atom. The summed E-state index contributed by atoms with van der Waals surface area (Å²) in [5, 5.41) is 0.511. The zero-order valence-corrected chi connectivity index (χ0v) is 9.49. The molecule has 1 nitrogen and oxygen atoms in total. The van der Waals surface area contributed by atoms with E-state index in [0.29, 0.717) is 21.5 Å². The Hall–Kier alpha value is -0.120. The van der Waals surface area contributed by atoms with E-state index < -0.39 is 0 Å². The van der Waals surface area contributed by atoms with Crippen LogP contribution in [0.15, 0.2) is 16.6 Å². The first kappa shape index (κ1) is 11.0. The molecule has 0 saturated heterocycles. The van der Waals surface area contributed by atoms with Crippen molar-refractivity contribution >= 4 is 27.5 Å². The van der Waals surface area contributed by atoms with Crippen molar-refractivity contribution in [2.24, 2.45) is 5.73 Å². The van der Waals surface area contributed by atoms with Gasteiger partial charge in [0.25, 0.3) is 0 Å². The van der Waals surface area contributed by atoms with E-state index in [2.05, 4.69) is 15.9 Å². The highest BCUT2D eigenvalue weighted by Crippen LogP contribution is 2.28. The van der Waals surface area contributed by atoms with Gasteiger partial charge >= 0.3 is 0 Å². The van der Waals surface area contributed by atoms with Crippen molar-refractivity contribution in [3.63, 3.8) is 0 Å². The molecular formula is C9H10BrClFN. The lowest BCUT2D eigenvalue weighted by molar-refractivity contribution is 0.594. The lowest BCUT2D eigenvalue weighted by Crippen LogP contribution is -2.18. The molecule has 0 fully saturated rings. The van der Waals surface area contributed by atoms with E-state index in [1.165, 1.54) is 12.1 Å². The fourth-order valence-corrected chi connectivity index (χ4v) is 1.74. The minimum absolute atomic E-state index is 0.0794. The molecule has 72 valence electrons. The molecular weight excluding hydrogens is 256 g/mol. The quantitative estimate of drug-likeness (QED) is 0.818. The first-order valence-corrected chi connectivity index (χ1v) is 5.07.